The first-order valence-corrected chi connectivity index (χ1v) is 5.59. The largest absolute Gasteiger partial charge is 0.455 e. The molecule has 0 radical (unpaired) electrons. The summed E-state index contributed by atoms with van der Waals surface area (Å²) in [5.41, 5.74) is 7.00. The van der Waals surface area contributed by atoms with E-state index in [-0.39, 0.29) is 6.61 Å². The highest BCUT2D eigenvalue weighted by Crippen LogP contribution is 2.35. The number of benzene rings is 1. The van der Waals surface area contributed by atoms with Crippen molar-refractivity contribution < 1.29 is 26.7 Å². The zero-order valence-electron chi connectivity index (χ0n) is 10.0. The van der Waals surface area contributed by atoms with Crippen molar-refractivity contribution in [3.05, 3.63) is 29.8 Å². The van der Waals surface area contributed by atoms with Gasteiger partial charge in [-0.05, 0) is 30.5 Å². The van der Waals surface area contributed by atoms with Crippen LogP contribution in [-0.4, -0.2) is 25.3 Å². The van der Waals surface area contributed by atoms with Crippen molar-refractivity contribution in [3.63, 3.8) is 0 Å². The van der Waals surface area contributed by atoms with E-state index < -0.39 is 18.7 Å². The van der Waals surface area contributed by atoms with E-state index in [1.165, 1.54) is 0 Å². The molecule has 0 aliphatic carbocycles. The van der Waals surface area contributed by atoms with Crippen molar-refractivity contribution in [2.75, 3.05) is 18.9 Å². The molecule has 2 nitrogen and oxygen atoms in total. The van der Waals surface area contributed by atoms with Crippen molar-refractivity contribution in [1.82, 2.24) is 0 Å². The smallest absolute Gasteiger partial charge is 0.399 e. The van der Waals surface area contributed by atoms with Crippen LogP contribution in [0.25, 0.3) is 0 Å². The molecular weight excluding hydrogens is 269 g/mol. The molecule has 0 spiro atoms. The number of rotatable bonds is 6. The minimum atomic E-state index is -5.57. The monoisotopic (exact) mass is 283 g/mol. The summed E-state index contributed by atoms with van der Waals surface area (Å²) < 4.78 is 64.7. The van der Waals surface area contributed by atoms with E-state index in [0.29, 0.717) is 18.5 Å². The predicted molar refractivity (Wildman–Crippen MR) is 61.0 cm³/mol. The Morgan fingerprint density at radius 2 is 1.58 bits per heavy atom. The van der Waals surface area contributed by atoms with Crippen LogP contribution in [0.5, 0.6) is 0 Å². The summed E-state index contributed by atoms with van der Waals surface area (Å²) in [6.07, 6.45) is -4.68. The van der Waals surface area contributed by atoms with E-state index >= 15 is 0 Å². The number of halogens is 5. The van der Waals surface area contributed by atoms with Crippen LogP contribution < -0.4 is 5.73 Å². The average molecular weight is 283 g/mol. The van der Waals surface area contributed by atoms with Gasteiger partial charge in [0, 0.05) is 12.3 Å². The minimum absolute atomic E-state index is 0.157. The fourth-order valence-electron chi connectivity index (χ4n) is 1.34. The number of hydrogen-bond acceptors (Lipinski definition) is 2. The van der Waals surface area contributed by atoms with E-state index in [1.54, 1.807) is 24.3 Å². The third-order valence-corrected chi connectivity index (χ3v) is 2.43. The van der Waals surface area contributed by atoms with Crippen LogP contribution in [0.2, 0.25) is 0 Å². The lowest BCUT2D eigenvalue weighted by Crippen LogP contribution is -2.40. The molecule has 0 aromatic heterocycles. The molecule has 0 atom stereocenters. The fraction of sp³-hybridized carbons (Fsp3) is 0.500. The van der Waals surface area contributed by atoms with E-state index in [2.05, 4.69) is 4.74 Å². The lowest BCUT2D eigenvalue weighted by atomic mass is 10.1. The van der Waals surface area contributed by atoms with Crippen molar-refractivity contribution in [1.29, 1.82) is 0 Å². The van der Waals surface area contributed by atoms with E-state index in [1.807, 2.05) is 0 Å². The second-order valence-corrected chi connectivity index (χ2v) is 4.10. The lowest BCUT2D eigenvalue weighted by molar-refractivity contribution is -0.296. The molecule has 19 heavy (non-hydrogen) atoms. The quantitative estimate of drug-likeness (QED) is 0.493. The molecule has 2 N–H and O–H groups in total. The first-order chi connectivity index (χ1) is 8.72. The van der Waals surface area contributed by atoms with Crippen LogP contribution in [0, 0.1) is 0 Å². The van der Waals surface area contributed by atoms with Gasteiger partial charge in [-0.3, -0.25) is 0 Å². The summed E-state index contributed by atoms with van der Waals surface area (Å²) in [7, 11) is 0. The van der Waals surface area contributed by atoms with Crippen molar-refractivity contribution in [2.45, 2.75) is 24.9 Å². The maximum atomic E-state index is 12.5. The Morgan fingerprint density at radius 1 is 1.00 bits per heavy atom. The third-order valence-electron chi connectivity index (χ3n) is 2.43. The molecule has 0 bridgehead atoms. The van der Waals surface area contributed by atoms with Crippen LogP contribution in [0.15, 0.2) is 24.3 Å². The number of alkyl halides is 5. The van der Waals surface area contributed by atoms with Gasteiger partial charge in [0.25, 0.3) is 0 Å². The maximum Gasteiger partial charge on any atom is 0.455 e. The summed E-state index contributed by atoms with van der Waals surface area (Å²) >= 11 is 0. The van der Waals surface area contributed by atoms with Gasteiger partial charge in [-0.2, -0.15) is 22.0 Å². The second-order valence-electron chi connectivity index (χ2n) is 4.10. The summed E-state index contributed by atoms with van der Waals surface area (Å²) in [5, 5.41) is 0. The zero-order valence-corrected chi connectivity index (χ0v) is 10.0. The highest BCUT2D eigenvalue weighted by molar-refractivity contribution is 5.39. The number of ether oxygens (including phenoxy) is 1. The Labute approximate surface area is 107 Å². The van der Waals surface area contributed by atoms with Gasteiger partial charge < -0.3 is 10.5 Å². The number of nitrogens with two attached hydrogens (primary N) is 1. The van der Waals surface area contributed by atoms with Gasteiger partial charge in [0.1, 0.15) is 6.61 Å². The lowest BCUT2D eigenvalue weighted by Gasteiger charge is -2.19. The molecular formula is C12H14F5NO. The SMILES string of the molecule is Nc1ccc(CCCOCC(F)(F)C(F)(F)F)cc1. The molecule has 0 saturated carbocycles. The molecule has 0 aliphatic heterocycles. The number of nitrogen functional groups attached to an aromatic ring is 1. The molecule has 0 saturated heterocycles. The minimum Gasteiger partial charge on any atom is -0.399 e. The Balaban J connectivity index is 2.23. The molecule has 0 aliphatic rings. The maximum absolute atomic E-state index is 12.5. The van der Waals surface area contributed by atoms with Crippen LogP contribution in [0.3, 0.4) is 0 Å². The molecule has 108 valence electrons. The van der Waals surface area contributed by atoms with E-state index in [4.69, 9.17) is 5.73 Å². The molecule has 1 aromatic rings. The van der Waals surface area contributed by atoms with Crippen molar-refractivity contribution in [3.8, 4) is 0 Å². The zero-order chi connectivity index (χ0) is 14.5. The number of aryl methyl sites for hydroxylation is 1. The standard InChI is InChI=1S/C12H14F5NO/c13-11(14,12(15,16)17)8-19-7-1-2-9-3-5-10(18)6-4-9/h3-6H,1-2,7-8,18H2. The molecule has 0 fully saturated rings. The topological polar surface area (TPSA) is 35.2 Å². The normalized spacial score (nSPS) is 12.7. The van der Waals surface area contributed by atoms with Crippen molar-refractivity contribution in [2.24, 2.45) is 0 Å². The highest BCUT2D eigenvalue weighted by atomic mass is 19.4. The summed E-state index contributed by atoms with van der Waals surface area (Å²) in [5.74, 6) is -4.80. The average Bonchev–Trinajstić information content (AvgIpc) is 2.29. The van der Waals surface area contributed by atoms with Gasteiger partial charge in [-0.1, -0.05) is 12.1 Å². The molecule has 0 heterocycles. The van der Waals surface area contributed by atoms with Gasteiger partial charge in [0.05, 0.1) is 0 Å². The van der Waals surface area contributed by atoms with Crippen LogP contribution >= 0.6 is 0 Å². The second kappa shape index (κ2) is 6.18. The Morgan fingerprint density at radius 3 is 2.11 bits per heavy atom. The van der Waals surface area contributed by atoms with Gasteiger partial charge in [-0.25, -0.2) is 0 Å². The predicted octanol–water partition coefficient (Wildman–Crippen LogP) is 3.42. The van der Waals surface area contributed by atoms with Gasteiger partial charge in [-0.15, -0.1) is 0 Å². The molecule has 0 amide bonds. The van der Waals surface area contributed by atoms with Gasteiger partial charge in [0.2, 0.25) is 0 Å². The van der Waals surface area contributed by atoms with Crippen LogP contribution in [0.4, 0.5) is 27.6 Å². The molecule has 1 aromatic carbocycles. The van der Waals surface area contributed by atoms with Crippen molar-refractivity contribution >= 4 is 5.69 Å². The first-order valence-electron chi connectivity index (χ1n) is 5.59. The van der Waals surface area contributed by atoms with Gasteiger partial charge >= 0.3 is 12.1 Å². The fourth-order valence-corrected chi connectivity index (χ4v) is 1.34. The highest BCUT2D eigenvalue weighted by Gasteiger charge is 2.57. The summed E-state index contributed by atoms with van der Waals surface area (Å²) in [6, 6.07) is 6.90. The summed E-state index contributed by atoms with van der Waals surface area (Å²) in [4.78, 5) is 0. The van der Waals surface area contributed by atoms with E-state index in [0.717, 1.165) is 5.56 Å². The number of hydrogen-bond donors (Lipinski definition) is 1. The Bertz CT molecular complexity index is 388. The Hall–Kier alpha value is -1.37. The van der Waals surface area contributed by atoms with Crippen LogP contribution in [-0.2, 0) is 11.2 Å². The Kier molecular flexibility index (Phi) is 5.11. The first kappa shape index (κ1) is 15.7. The van der Waals surface area contributed by atoms with Crippen LogP contribution in [0.1, 0.15) is 12.0 Å². The van der Waals surface area contributed by atoms with E-state index in [9.17, 15) is 22.0 Å². The number of anilines is 1. The third kappa shape index (κ3) is 5.02. The van der Waals surface area contributed by atoms with Gasteiger partial charge in [0.15, 0.2) is 0 Å². The molecule has 1 rings (SSSR count). The summed E-state index contributed by atoms with van der Waals surface area (Å²) in [6.45, 7) is -1.80. The molecule has 0 unspecified atom stereocenters. The molecule has 7 heteroatoms.